The van der Waals surface area contributed by atoms with Crippen molar-refractivity contribution in [3.63, 3.8) is 0 Å². The van der Waals surface area contributed by atoms with Gasteiger partial charge in [0.25, 0.3) is 6.43 Å². The van der Waals surface area contributed by atoms with Crippen molar-refractivity contribution < 1.29 is 18.7 Å². The van der Waals surface area contributed by atoms with E-state index in [2.05, 4.69) is 5.10 Å². The van der Waals surface area contributed by atoms with Gasteiger partial charge < -0.3 is 10.8 Å². The lowest BCUT2D eigenvalue weighted by Crippen LogP contribution is -2.08. The molecule has 0 bridgehead atoms. The highest BCUT2D eigenvalue weighted by Crippen LogP contribution is 2.29. The minimum atomic E-state index is -2.72. The van der Waals surface area contributed by atoms with Gasteiger partial charge >= 0.3 is 5.97 Å². The van der Waals surface area contributed by atoms with E-state index in [1.165, 1.54) is 6.07 Å². The molecule has 0 spiro atoms. The molecule has 0 saturated heterocycles. The van der Waals surface area contributed by atoms with Crippen molar-refractivity contribution in [3.05, 3.63) is 46.8 Å². The first kappa shape index (κ1) is 14.0. The van der Waals surface area contributed by atoms with E-state index < -0.39 is 12.4 Å². The summed E-state index contributed by atoms with van der Waals surface area (Å²) in [6.45, 7) is 0. The first-order chi connectivity index (χ1) is 9.40. The van der Waals surface area contributed by atoms with Crippen LogP contribution in [0.5, 0.6) is 0 Å². The topological polar surface area (TPSA) is 81.1 Å². The van der Waals surface area contributed by atoms with Gasteiger partial charge in [-0.15, -0.1) is 0 Å². The molecular weight excluding hydrogens is 268 g/mol. The van der Waals surface area contributed by atoms with Gasteiger partial charge in [0.1, 0.15) is 0 Å². The van der Waals surface area contributed by atoms with Gasteiger partial charge in [-0.05, 0) is 23.8 Å². The van der Waals surface area contributed by atoms with Crippen LogP contribution in [0, 0.1) is 0 Å². The number of halogens is 2. The molecule has 1 aromatic carbocycles. The Morgan fingerprint density at radius 1 is 1.50 bits per heavy atom. The van der Waals surface area contributed by atoms with Crippen LogP contribution in [0.1, 0.15) is 33.6 Å². The summed E-state index contributed by atoms with van der Waals surface area (Å²) in [4.78, 5) is 11.0. The Bertz CT molecular complexity index is 653. The van der Waals surface area contributed by atoms with E-state index in [1.54, 1.807) is 24.0 Å². The number of carbonyl (C=O) groups is 1. The molecule has 0 aliphatic heterocycles. The summed E-state index contributed by atoms with van der Waals surface area (Å²) in [5.74, 6) is -1.24. The van der Waals surface area contributed by atoms with Crippen LogP contribution < -0.4 is 5.73 Å². The van der Waals surface area contributed by atoms with Crippen LogP contribution in [-0.4, -0.2) is 20.9 Å². The summed E-state index contributed by atoms with van der Waals surface area (Å²) in [5.41, 5.74) is 5.84. The lowest BCUT2D eigenvalue weighted by Gasteiger charge is -2.12. The highest BCUT2D eigenvalue weighted by Gasteiger charge is 2.19. The number of nitrogen functional groups attached to an aromatic ring is 1. The molecule has 7 heteroatoms. The Morgan fingerprint density at radius 3 is 2.70 bits per heavy atom. The minimum absolute atomic E-state index is 0.163. The van der Waals surface area contributed by atoms with Crippen LogP contribution in [0.4, 0.5) is 14.5 Å². The predicted molar refractivity (Wildman–Crippen MR) is 68.8 cm³/mol. The second-order valence-corrected chi connectivity index (χ2v) is 4.37. The normalized spacial score (nSPS) is 11.0. The Hall–Kier alpha value is -2.44. The van der Waals surface area contributed by atoms with Crippen LogP contribution in [0.3, 0.4) is 0 Å². The molecule has 106 valence electrons. The number of hydrogen-bond acceptors (Lipinski definition) is 3. The van der Waals surface area contributed by atoms with E-state index >= 15 is 0 Å². The van der Waals surface area contributed by atoms with Crippen molar-refractivity contribution in [3.8, 4) is 0 Å². The van der Waals surface area contributed by atoms with Gasteiger partial charge in [-0.25, -0.2) is 13.6 Å². The summed E-state index contributed by atoms with van der Waals surface area (Å²) < 4.78 is 27.6. The van der Waals surface area contributed by atoms with Gasteiger partial charge in [-0.2, -0.15) is 5.10 Å². The Kier molecular flexibility index (Phi) is 3.69. The van der Waals surface area contributed by atoms with Crippen molar-refractivity contribution in [1.82, 2.24) is 9.78 Å². The van der Waals surface area contributed by atoms with Gasteiger partial charge in [0.05, 0.1) is 5.56 Å². The van der Waals surface area contributed by atoms with Crippen LogP contribution in [0.25, 0.3) is 0 Å². The molecule has 0 radical (unpaired) electrons. The fourth-order valence-electron chi connectivity index (χ4n) is 1.99. The van der Waals surface area contributed by atoms with Crippen LogP contribution in [0.2, 0.25) is 0 Å². The summed E-state index contributed by atoms with van der Waals surface area (Å²) in [5, 5.41) is 13.0. The smallest absolute Gasteiger partial charge is 0.337 e. The maximum Gasteiger partial charge on any atom is 0.337 e. The maximum absolute atomic E-state index is 13.0. The third kappa shape index (κ3) is 2.61. The fourth-order valence-corrected chi connectivity index (χ4v) is 1.99. The van der Waals surface area contributed by atoms with Gasteiger partial charge in [0.15, 0.2) is 0 Å². The Balaban J connectivity index is 2.51. The fraction of sp³-hybridized carbons (Fsp3) is 0.231. The third-order valence-electron chi connectivity index (χ3n) is 3.07. The molecule has 0 aliphatic carbocycles. The van der Waals surface area contributed by atoms with E-state index in [9.17, 15) is 13.6 Å². The van der Waals surface area contributed by atoms with Gasteiger partial charge in [-0.3, -0.25) is 4.68 Å². The molecule has 3 N–H and O–H groups in total. The van der Waals surface area contributed by atoms with E-state index in [4.69, 9.17) is 10.8 Å². The lowest BCUT2D eigenvalue weighted by molar-refractivity contribution is 0.0697. The highest BCUT2D eigenvalue weighted by atomic mass is 19.3. The second kappa shape index (κ2) is 5.28. The Morgan fingerprint density at radius 2 is 2.20 bits per heavy atom. The monoisotopic (exact) mass is 281 g/mol. The zero-order valence-corrected chi connectivity index (χ0v) is 10.7. The summed E-state index contributed by atoms with van der Waals surface area (Å²) in [7, 11) is 1.69. The molecule has 1 heterocycles. The van der Waals surface area contributed by atoms with Crippen molar-refractivity contribution in [2.24, 2.45) is 7.05 Å². The molecule has 5 nitrogen and oxygen atoms in total. The molecule has 2 aromatic rings. The van der Waals surface area contributed by atoms with E-state index in [1.807, 2.05) is 0 Å². The molecule has 0 fully saturated rings. The van der Waals surface area contributed by atoms with Crippen molar-refractivity contribution in [2.75, 3.05) is 5.73 Å². The summed E-state index contributed by atoms with van der Waals surface area (Å²) in [6.07, 6.45) is -1.01. The van der Waals surface area contributed by atoms with Gasteiger partial charge in [-0.1, -0.05) is 0 Å². The molecule has 0 saturated carbocycles. The van der Waals surface area contributed by atoms with Crippen molar-refractivity contribution in [1.29, 1.82) is 0 Å². The maximum atomic E-state index is 13.0. The number of aromatic nitrogens is 2. The number of rotatable bonds is 4. The number of anilines is 1. The average Bonchev–Trinajstić information content (AvgIpc) is 2.76. The van der Waals surface area contributed by atoms with E-state index in [-0.39, 0.29) is 28.8 Å². The average molecular weight is 281 g/mol. The molecular formula is C13H13F2N3O2. The predicted octanol–water partition coefficient (Wildman–Crippen LogP) is 2.23. The quantitative estimate of drug-likeness (QED) is 0.842. The van der Waals surface area contributed by atoms with E-state index in [0.717, 1.165) is 6.07 Å². The lowest BCUT2D eigenvalue weighted by atomic mass is 9.98. The largest absolute Gasteiger partial charge is 0.478 e. The standard InChI is InChI=1S/C13H13F2N3O2/c1-18-8(2-3-17-18)4-7-5-10(13(19)20)11(16)6-9(7)12(14)15/h2-3,5-6,12H,4,16H2,1H3,(H,19,20). The number of nitrogens with zero attached hydrogens (tertiary/aromatic N) is 2. The number of hydrogen-bond donors (Lipinski definition) is 2. The van der Waals surface area contributed by atoms with Gasteiger partial charge in [0, 0.05) is 36.6 Å². The van der Waals surface area contributed by atoms with Crippen LogP contribution >= 0.6 is 0 Å². The number of aromatic carboxylic acids is 1. The molecule has 20 heavy (non-hydrogen) atoms. The zero-order chi connectivity index (χ0) is 14.9. The minimum Gasteiger partial charge on any atom is -0.478 e. The molecule has 0 aliphatic rings. The Labute approximate surface area is 113 Å². The molecule has 1 aromatic heterocycles. The van der Waals surface area contributed by atoms with Crippen LogP contribution in [0.15, 0.2) is 24.4 Å². The number of alkyl halides is 2. The van der Waals surface area contributed by atoms with Gasteiger partial charge in [0.2, 0.25) is 0 Å². The van der Waals surface area contributed by atoms with E-state index in [0.29, 0.717) is 5.69 Å². The third-order valence-corrected chi connectivity index (χ3v) is 3.07. The summed E-state index contributed by atoms with van der Waals surface area (Å²) >= 11 is 0. The van der Waals surface area contributed by atoms with Crippen molar-refractivity contribution in [2.45, 2.75) is 12.8 Å². The first-order valence-electron chi connectivity index (χ1n) is 5.80. The summed E-state index contributed by atoms with van der Waals surface area (Å²) in [6, 6.07) is 3.91. The number of nitrogens with two attached hydrogens (primary N) is 1. The second-order valence-electron chi connectivity index (χ2n) is 4.37. The zero-order valence-electron chi connectivity index (χ0n) is 10.7. The SMILES string of the molecule is Cn1nccc1Cc1cc(C(=O)O)c(N)cc1C(F)F. The molecule has 2 rings (SSSR count). The highest BCUT2D eigenvalue weighted by molar-refractivity contribution is 5.94. The van der Waals surface area contributed by atoms with Crippen LogP contribution in [-0.2, 0) is 13.5 Å². The molecule has 0 atom stereocenters. The first-order valence-corrected chi connectivity index (χ1v) is 5.80. The number of carboxylic acids is 1. The molecule has 0 unspecified atom stereocenters. The molecule has 0 amide bonds. The van der Waals surface area contributed by atoms with Crippen molar-refractivity contribution >= 4 is 11.7 Å². The number of aryl methyl sites for hydroxylation is 1. The number of carboxylic acid groups (broad SMARTS) is 1. The number of benzene rings is 1.